The summed E-state index contributed by atoms with van der Waals surface area (Å²) in [4.78, 5) is 0. The highest BCUT2D eigenvalue weighted by Gasteiger charge is 2.16. The molecule has 1 rings (SSSR count). The first-order valence-electron chi connectivity index (χ1n) is 5.76. The van der Waals surface area contributed by atoms with E-state index in [1.807, 2.05) is 25.5 Å². The van der Waals surface area contributed by atoms with Crippen LogP contribution in [0, 0.1) is 12.8 Å². The third-order valence-electron chi connectivity index (χ3n) is 2.62. The molecule has 0 bridgehead atoms. The fourth-order valence-corrected chi connectivity index (χ4v) is 3.37. The Labute approximate surface area is 110 Å². The van der Waals surface area contributed by atoms with Crippen LogP contribution in [0.2, 0.25) is 5.02 Å². The van der Waals surface area contributed by atoms with Crippen molar-refractivity contribution < 1.29 is 4.21 Å². The van der Waals surface area contributed by atoms with Crippen LogP contribution < -0.4 is 5.73 Å². The van der Waals surface area contributed by atoms with Gasteiger partial charge in [0.15, 0.2) is 0 Å². The normalized spacial score (nSPS) is 14.9. The molecular weight excluding hydrogens is 258 g/mol. The van der Waals surface area contributed by atoms with E-state index in [9.17, 15) is 4.21 Å². The lowest BCUT2D eigenvalue weighted by atomic mass is 10.2. The summed E-state index contributed by atoms with van der Waals surface area (Å²) in [6, 6.07) is 0. The Hall–Kier alpha value is -0.390. The minimum Gasteiger partial charge on any atom is -0.330 e. The molecule has 17 heavy (non-hydrogen) atoms. The van der Waals surface area contributed by atoms with Crippen LogP contribution in [0.15, 0.2) is 0 Å². The van der Waals surface area contributed by atoms with Gasteiger partial charge in [-0.05, 0) is 26.3 Å². The highest BCUT2D eigenvalue weighted by Crippen LogP contribution is 2.22. The summed E-state index contributed by atoms with van der Waals surface area (Å²) in [5.74, 6) is 1.34. The van der Waals surface area contributed by atoms with E-state index < -0.39 is 10.8 Å². The van der Waals surface area contributed by atoms with Crippen molar-refractivity contribution in [2.45, 2.75) is 33.1 Å². The predicted molar refractivity (Wildman–Crippen MR) is 72.6 cm³/mol. The molecule has 2 N–H and O–H groups in total. The molecule has 4 nitrogen and oxygen atoms in total. The highest BCUT2D eigenvalue weighted by atomic mass is 35.5. The van der Waals surface area contributed by atoms with Crippen molar-refractivity contribution >= 4 is 22.4 Å². The molecule has 1 aromatic heterocycles. The summed E-state index contributed by atoms with van der Waals surface area (Å²) >= 11 is 6.16. The minimum atomic E-state index is -0.935. The molecule has 0 saturated heterocycles. The lowest BCUT2D eigenvalue weighted by Gasteiger charge is -2.09. The van der Waals surface area contributed by atoms with Gasteiger partial charge in [-0.15, -0.1) is 0 Å². The summed E-state index contributed by atoms with van der Waals surface area (Å²) in [6.45, 7) is 7.17. The van der Waals surface area contributed by atoms with Crippen LogP contribution in [0.5, 0.6) is 0 Å². The molecule has 98 valence electrons. The third kappa shape index (κ3) is 3.79. The van der Waals surface area contributed by atoms with Gasteiger partial charge in [0.2, 0.25) is 0 Å². The van der Waals surface area contributed by atoms with Crippen LogP contribution >= 0.6 is 11.6 Å². The van der Waals surface area contributed by atoms with Crippen LogP contribution in [0.1, 0.15) is 25.2 Å². The zero-order valence-corrected chi connectivity index (χ0v) is 12.1. The van der Waals surface area contributed by atoms with Crippen LogP contribution in [0.25, 0.3) is 0 Å². The molecule has 2 atom stereocenters. The smallest absolute Gasteiger partial charge is 0.0856 e. The second-order valence-electron chi connectivity index (χ2n) is 4.25. The van der Waals surface area contributed by atoms with E-state index in [0.29, 0.717) is 23.1 Å². The molecule has 0 aromatic carbocycles. The van der Waals surface area contributed by atoms with Gasteiger partial charge in [-0.1, -0.05) is 18.5 Å². The van der Waals surface area contributed by atoms with Crippen LogP contribution in [-0.2, 0) is 23.1 Å². The van der Waals surface area contributed by atoms with Gasteiger partial charge in [0, 0.05) is 23.1 Å². The van der Waals surface area contributed by atoms with Crippen LogP contribution in [0.3, 0.4) is 0 Å². The molecule has 0 amide bonds. The summed E-state index contributed by atoms with van der Waals surface area (Å²) in [5.41, 5.74) is 7.19. The molecule has 0 saturated carbocycles. The molecule has 2 unspecified atom stereocenters. The lowest BCUT2D eigenvalue weighted by molar-refractivity contribution is 0.620. The monoisotopic (exact) mass is 277 g/mol. The predicted octanol–water partition coefficient (Wildman–Crippen LogP) is 1.71. The van der Waals surface area contributed by atoms with Crippen molar-refractivity contribution in [3.8, 4) is 0 Å². The maximum Gasteiger partial charge on any atom is 0.0856 e. The molecule has 1 aromatic rings. The Morgan fingerprint density at radius 3 is 2.76 bits per heavy atom. The Morgan fingerprint density at radius 2 is 2.24 bits per heavy atom. The Kier molecular flexibility index (Phi) is 5.62. The first-order chi connectivity index (χ1) is 7.99. The summed E-state index contributed by atoms with van der Waals surface area (Å²) in [6.07, 6.45) is 0. The number of aryl methyl sites for hydroxylation is 2. The Bertz CT molecular complexity index is 406. The van der Waals surface area contributed by atoms with E-state index in [1.165, 1.54) is 0 Å². The van der Waals surface area contributed by atoms with Crippen molar-refractivity contribution in [1.29, 1.82) is 0 Å². The van der Waals surface area contributed by atoms with Gasteiger partial charge >= 0.3 is 0 Å². The van der Waals surface area contributed by atoms with E-state index in [2.05, 4.69) is 5.10 Å². The van der Waals surface area contributed by atoms with Gasteiger partial charge in [-0.3, -0.25) is 8.89 Å². The standard InChI is InChI=1S/C11H20ClN3OS/c1-4-15-10(11(12)9(3)14-15)7-17(16)6-8(2)5-13/h8H,4-7,13H2,1-3H3. The number of rotatable bonds is 6. The van der Waals surface area contributed by atoms with Crippen molar-refractivity contribution in [1.82, 2.24) is 9.78 Å². The highest BCUT2D eigenvalue weighted by molar-refractivity contribution is 7.84. The lowest BCUT2D eigenvalue weighted by Crippen LogP contribution is -2.19. The van der Waals surface area contributed by atoms with E-state index in [4.69, 9.17) is 17.3 Å². The van der Waals surface area contributed by atoms with Gasteiger partial charge in [0.05, 0.1) is 22.2 Å². The molecule has 1 heterocycles. The molecule has 0 fully saturated rings. The number of aromatic nitrogens is 2. The van der Waals surface area contributed by atoms with E-state index in [1.54, 1.807) is 0 Å². The minimum absolute atomic E-state index is 0.272. The van der Waals surface area contributed by atoms with Crippen molar-refractivity contribution in [2.75, 3.05) is 12.3 Å². The topological polar surface area (TPSA) is 60.9 Å². The molecule has 6 heteroatoms. The fourth-order valence-electron chi connectivity index (χ4n) is 1.60. The number of hydrogen-bond acceptors (Lipinski definition) is 3. The van der Waals surface area contributed by atoms with E-state index >= 15 is 0 Å². The molecule has 0 radical (unpaired) electrons. The van der Waals surface area contributed by atoms with Gasteiger partial charge in [0.1, 0.15) is 0 Å². The number of hydrogen-bond donors (Lipinski definition) is 1. The van der Waals surface area contributed by atoms with Gasteiger partial charge < -0.3 is 5.73 Å². The van der Waals surface area contributed by atoms with E-state index in [-0.39, 0.29) is 5.92 Å². The zero-order chi connectivity index (χ0) is 13.0. The van der Waals surface area contributed by atoms with Crippen molar-refractivity contribution in [2.24, 2.45) is 11.7 Å². The first-order valence-corrected chi connectivity index (χ1v) is 7.63. The second-order valence-corrected chi connectivity index (χ2v) is 6.13. The third-order valence-corrected chi connectivity index (χ3v) is 4.65. The van der Waals surface area contributed by atoms with Crippen LogP contribution in [-0.4, -0.2) is 26.3 Å². The SMILES string of the molecule is CCn1nc(C)c(Cl)c1CS(=O)CC(C)CN. The maximum atomic E-state index is 12.0. The quantitative estimate of drug-likeness (QED) is 0.861. The fraction of sp³-hybridized carbons (Fsp3) is 0.727. The maximum absolute atomic E-state index is 12.0. The average Bonchev–Trinajstić information content (AvgIpc) is 2.56. The van der Waals surface area contributed by atoms with Gasteiger partial charge in [0.25, 0.3) is 0 Å². The molecule has 0 aliphatic rings. The Balaban J connectivity index is 2.77. The molecule has 0 aliphatic carbocycles. The summed E-state index contributed by atoms with van der Waals surface area (Å²) in [5, 5.41) is 4.95. The van der Waals surface area contributed by atoms with Crippen molar-refractivity contribution in [3.05, 3.63) is 16.4 Å². The van der Waals surface area contributed by atoms with Crippen LogP contribution in [0.4, 0.5) is 0 Å². The Morgan fingerprint density at radius 1 is 1.59 bits per heavy atom. The van der Waals surface area contributed by atoms with Gasteiger partial charge in [-0.25, -0.2) is 0 Å². The largest absolute Gasteiger partial charge is 0.330 e. The summed E-state index contributed by atoms with van der Waals surface area (Å²) < 4.78 is 13.8. The number of nitrogens with two attached hydrogens (primary N) is 1. The van der Waals surface area contributed by atoms with E-state index in [0.717, 1.165) is 17.9 Å². The average molecular weight is 278 g/mol. The zero-order valence-electron chi connectivity index (χ0n) is 10.6. The molecule has 0 spiro atoms. The van der Waals surface area contributed by atoms with Gasteiger partial charge in [-0.2, -0.15) is 5.10 Å². The van der Waals surface area contributed by atoms with Crippen molar-refractivity contribution in [3.63, 3.8) is 0 Å². The second kappa shape index (κ2) is 6.52. The summed E-state index contributed by atoms with van der Waals surface area (Å²) in [7, 11) is -0.935. The number of halogens is 1. The number of nitrogens with zero attached hydrogens (tertiary/aromatic N) is 2. The molecule has 0 aliphatic heterocycles. The molecular formula is C11H20ClN3OS. The first kappa shape index (κ1) is 14.7.